The van der Waals surface area contributed by atoms with Gasteiger partial charge in [0, 0.05) is 30.4 Å². The van der Waals surface area contributed by atoms with Crippen molar-refractivity contribution in [2.45, 2.75) is 39.2 Å². The quantitative estimate of drug-likeness (QED) is 0.865. The molecule has 3 nitrogen and oxygen atoms in total. The number of piperidine rings is 1. The Morgan fingerprint density at radius 2 is 2.22 bits per heavy atom. The highest BCUT2D eigenvalue weighted by Gasteiger charge is 2.19. The molecule has 2 atom stereocenters. The SMILES string of the molecule is CCC1CCCN(c2ccc(C(C)O)c(O)c2)C1. The number of aliphatic hydroxyl groups excluding tert-OH is 1. The van der Waals surface area contributed by atoms with E-state index in [0.29, 0.717) is 5.56 Å². The summed E-state index contributed by atoms with van der Waals surface area (Å²) >= 11 is 0. The van der Waals surface area contributed by atoms with Crippen LogP contribution in [0.25, 0.3) is 0 Å². The largest absolute Gasteiger partial charge is 0.507 e. The van der Waals surface area contributed by atoms with Gasteiger partial charge in [0.2, 0.25) is 0 Å². The van der Waals surface area contributed by atoms with Crippen LogP contribution in [0.1, 0.15) is 44.8 Å². The van der Waals surface area contributed by atoms with Crippen LogP contribution in [0, 0.1) is 5.92 Å². The second-order valence-electron chi connectivity index (χ2n) is 5.28. The molecule has 2 rings (SSSR count). The molecule has 0 radical (unpaired) electrons. The maximum absolute atomic E-state index is 9.93. The zero-order chi connectivity index (χ0) is 13.1. The molecule has 1 saturated heterocycles. The van der Waals surface area contributed by atoms with Crippen LogP contribution in [0.2, 0.25) is 0 Å². The van der Waals surface area contributed by atoms with E-state index in [9.17, 15) is 10.2 Å². The Hall–Kier alpha value is -1.22. The van der Waals surface area contributed by atoms with Crippen molar-refractivity contribution in [2.75, 3.05) is 18.0 Å². The molecule has 2 N–H and O–H groups in total. The van der Waals surface area contributed by atoms with Gasteiger partial charge in [-0.2, -0.15) is 0 Å². The van der Waals surface area contributed by atoms with E-state index in [2.05, 4.69) is 11.8 Å². The fourth-order valence-corrected chi connectivity index (χ4v) is 2.71. The van der Waals surface area contributed by atoms with Crippen molar-refractivity contribution in [3.05, 3.63) is 23.8 Å². The Labute approximate surface area is 109 Å². The fourth-order valence-electron chi connectivity index (χ4n) is 2.71. The minimum absolute atomic E-state index is 0.195. The van der Waals surface area contributed by atoms with Gasteiger partial charge in [-0.15, -0.1) is 0 Å². The lowest BCUT2D eigenvalue weighted by Crippen LogP contribution is -2.35. The molecule has 1 fully saturated rings. The molecule has 3 heteroatoms. The van der Waals surface area contributed by atoms with E-state index in [-0.39, 0.29) is 5.75 Å². The number of phenols is 1. The summed E-state index contributed by atoms with van der Waals surface area (Å²) < 4.78 is 0. The van der Waals surface area contributed by atoms with Crippen molar-refractivity contribution in [3.8, 4) is 5.75 Å². The monoisotopic (exact) mass is 249 g/mol. The van der Waals surface area contributed by atoms with E-state index < -0.39 is 6.10 Å². The number of nitrogens with zero attached hydrogens (tertiary/aromatic N) is 1. The standard InChI is InChI=1S/C15H23NO2/c1-3-12-5-4-8-16(10-12)13-6-7-14(11(2)17)15(18)9-13/h6-7,9,11-12,17-18H,3-5,8,10H2,1-2H3. The molecule has 0 amide bonds. The normalized spacial score (nSPS) is 21.9. The molecule has 0 spiro atoms. The van der Waals surface area contributed by atoms with Crippen LogP contribution in [0.4, 0.5) is 5.69 Å². The maximum Gasteiger partial charge on any atom is 0.123 e. The Morgan fingerprint density at radius 3 is 2.83 bits per heavy atom. The number of benzene rings is 1. The third kappa shape index (κ3) is 2.78. The molecule has 0 aromatic heterocycles. The van der Waals surface area contributed by atoms with Gasteiger partial charge >= 0.3 is 0 Å². The van der Waals surface area contributed by atoms with Gasteiger partial charge in [-0.3, -0.25) is 0 Å². The Bertz CT molecular complexity index is 403. The van der Waals surface area contributed by atoms with E-state index in [1.54, 1.807) is 13.0 Å². The smallest absolute Gasteiger partial charge is 0.123 e. The summed E-state index contributed by atoms with van der Waals surface area (Å²) in [6, 6.07) is 5.60. The first kappa shape index (κ1) is 13.2. The first-order chi connectivity index (χ1) is 8.61. The number of aliphatic hydroxyl groups is 1. The Kier molecular flexibility index (Phi) is 4.12. The van der Waals surface area contributed by atoms with E-state index in [1.807, 2.05) is 12.1 Å². The van der Waals surface area contributed by atoms with Gasteiger partial charge in [0.05, 0.1) is 6.10 Å². The van der Waals surface area contributed by atoms with E-state index in [4.69, 9.17) is 0 Å². The van der Waals surface area contributed by atoms with Crippen LogP contribution in [0.5, 0.6) is 5.75 Å². The zero-order valence-corrected chi connectivity index (χ0v) is 11.3. The molecule has 1 aliphatic heterocycles. The summed E-state index contributed by atoms with van der Waals surface area (Å²) in [5.74, 6) is 0.957. The van der Waals surface area contributed by atoms with Gasteiger partial charge in [0.25, 0.3) is 0 Å². The van der Waals surface area contributed by atoms with Crippen molar-refractivity contribution >= 4 is 5.69 Å². The topological polar surface area (TPSA) is 43.7 Å². The molecule has 1 aliphatic rings. The highest BCUT2D eigenvalue weighted by molar-refractivity contribution is 5.54. The lowest BCUT2D eigenvalue weighted by Gasteiger charge is -2.34. The van der Waals surface area contributed by atoms with Gasteiger partial charge < -0.3 is 15.1 Å². The third-order valence-electron chi connectivity index (χ3n) is 3.93. The summed E-state index contributed by atoms with van der Waals surface area (Å²) in [6.45, 7) is 6.04. The molecule has 0 bridgehead atoms. The van der Waals surface area contributed by atoms with Crippen LogP contribution in [-0.2, 0) is 0 Å². The molecule has 1 heterocycles. The number of phenolic OH excluding ortho intramolecular Hbond substituents is 1. The van der Waals surface area contributed by atoms with Crippen LogP contribution in [-0.4, -0.2) is 23.3 Å². The first-order valence-corrected chi connectivity index (χ1v) is 6.87. The molecular weight excluding hydrogens is 226 g/mol. The van der Waals surface area contributed by atoms with Crippen molar-refractivity contribution < 1.29 is 10.2 Å². The van der Waals surface area contributed by atoms with Gasteiger partial charge in [-0.25, -0.2) is 0 Å². The minimum Gasteiger partial charge on any atom is -0.507 e. The van der Waals surface area contributed by atoms with Crippen LogP contribution >= 0.6 is 0 Å². The Balaban J connectivity index is 2.16. The number of hydrogen-bond acceptors (Lipinski definition) is 3. The molecule has 1 aromatic rings. The molecule has 2 unspecified atom stereocenters. The highest BCUT2D eigenvalue weighted by Crippen LogP contribution is 2.31. The van der Waals surface area contributed by atoms with Crippen LogP contribution in [0.15, 0.2) is 18.2 Å². The lowest BCUT2D eigenvalue weighted by atomic mass is 9.95. The highest BCUT2D eigenvalue weighted by atomic mass is 16.3. The fraction of sp³-hybridized carbons (Fsp3) is 0.600. The van der Waals surface area contributed by atoms with Crippen molar-refractivity contribution in [1.82, 2.24) is 0 Å². The summed E-state index contributed by atoms with van der Waals surface area (Å²) in [6.07, 6.45) is 3.12. The average Bonchev–Trinajstić information content (AvgIpc) is 2.38. The van der Waals surface area contributed by atoms with Crippen LogP contribution < -0.4 is 4.90 Å². The minimum atomic E-state index is -0.621. The van der Waals surface area contributed by atoms with Gasteiger partial charge in [0.1, 0.15) is 5.75 Å². The number of anilines is 1. The average molecular weight is 249 g/mol. The van der Waals surface area contributed by atoms with Crippen LogP contribution in [0.3, 0.4) is 0 Å². The molecule has 18 heavy (non-hydrogen) atoms. The lowest BCUT2D eigenvalue weighted by molar-refractivity contribution is 0.195. The molecular formula is C15H23NO2. The van der Waals surface area contributed by atoms with Crippen molar-refractivity contribution in [1.29, 1.82) is 0 Å². The van der Waals surface area contributed by atoms with E-state index in [0.717, 1.165) is 24.7 Å². The summed E-state index contributed by atoms with van der Waals surface area (Å²) in [4.78, 5) is 2.34. The van der Waals surface area contributed by atoms with Gasteiger partial charge in [-0.05, 0) is 31.7 Å². The number of aromatic hydroxyl groups is 1. The number of hydrogen-bond donors (Lipinski definition) is 2. The third-order valence-corrected chi connectivity index (χ3v) is 3.93. The summed E-state index contributed by atoms with van der Waals surface area (Å²) in [5, 5.41) is 19.4. The van der Waals surface area contributed by atoms with Gasteiger partial charge in [0.15, 0.2) is 0 Å². The van der Waals surface area contributed by atoms with Gasteiger partial charge in [-0.1, -0.05) is 19.4 Å². The van der Waals surface area contributed by atoms with E-state index in [1.165, 1.54) is 19.3 Å². The maximum atomic E-state index is 9.93. The summed E-state index contributed by atoms with van der Waals surface area (Å²) in [5.41, 5.74) is 1.66. The molecule has 1 aromatic carbocycles. The van der Waals surface area contributed by atoms with E-state index >= 15 is 0 Å². The molecule has 100 valence electrons. The zero-order valence-electron chi connectivity index (χ0n) is 11.3. The number of rotatable bonds is 3. The summed E-state index contributed by atoms with van der Waals surface area (Å²) in [7, 11) is 0. The second-order valence-corrected chi connectivity index (χ2v) is 5.28. The first-order valence-electron chi connectivity index (χ1n) is 6.87. The predicted molar refractivity (Wildman–Crippen MR) is 74.0 cm³/mol. The molecule has 0 aliphatic carbocycles. The molecule has 0 saturated carbocycles. The predicted octanol–water partition coefficient (Wildman–Crippen LogP) is 3.07. The van der Waals surface area contributed by atoms with Crippen molar-refractivity contribution in [2.24, 2.45) is 5.92 Å². The van der Waals surface area contributed by atoms with Crippen molar-refractivity contribution in [3.63, 3.8) is 0 Å². The second kappa shape index (κ2) is 5.61. The Morgan fingerprint density at radius 1 is 1.44 bits per heavy atom.